The van der Waals surface area contributed by atoms with Crippen LogP contribution in [0.1, 0.15) is 25.3 Å². The van der Waals surface area contributed by atoms with Gasteiger partial charge in [-0.3, -0.25) is 4.90 Å². The number of hydrogen-bond donors (Lipinski definition) is 1. The molecule has 2 rings (SSSR count). The van der Waals surface area contributed by atoms with Crippen LogP contribution in [0.25, 0.3) is 0 Å². The van der Waals surface area contributed by atoms with E-state index in [9.17, 15) is 0 Å². The van der Waals surface area contributed by atoms with E-state index in [1.54, 1.807) is 0 Å². The third kappa shape index (κ3) is 4.51. The zero-order valence-corrected chi connectivity index (χ0v) is 12.2. The molecule has 1 aliphatic rings. The van der Waals surface area contributed by atoms with Crippen molar-refractivity contribution < 1.29 is 4.74 Å². The molecular formula is C16H26N2O. The number of ether oxygens (including phenoxy) is 1. The molecule has 19 heavy (non-hydrogen) atoms. The molecule has 0 aliphatic carbocycles. The minimum atomic E-state index is 0.733. The molecule has 106 valence electrons. The first-order valence-electron chi connectivity index (χ1n) is 7.40. The van der Waals surface area contributed by atoms with Crippen molar-refractivity contribution >= 4 is 0 Å². The molecule has 0 saturated carbocycles. The highest BCUT2D eigenvalue weighted by Crippen LogP contribution is 2.19. The Morgan fingerprint density at radius 2 is 2.11 bits per heavy atom. The van der Waals surface area contributed by atoms with Gasteiger partial charge in [0.05, 0.1) is 6.61 Å². The molecule has 0 radical (unpaired) electrons. The van der Waals surface area contributed by atoms with Crippen LogP contribution in [0.4, 0.5) is 0 Å². The van der Waals surface area contributed by atoms with Crippen LogP contribution in [0.5, 0.6) is 5.75 Å². The van der Waals surface area contributed by atoms with Crippen LogP contribution in [-0.4, -0.2) is 38.2 Å². The summed E-state index contributed by atoms with van der Waals surface area (Å²) in [5, 5.41) is 3.30. The predicted molar refractivity (Wildman–Crippen MR) is 79.5 cm³/mol. The zero-order chi connectivity index (χ0) is 13.5. The third-order valence-corrected chi connectivity index (χ3v) is 3.74. The molecule has 1 unspecified atom stereocenters. The highest BCUT2D eigenvalue weighted by molar-refractivity contribution is 5.27. The molecule has 0 bridgehead atoms. The maximum absolute atomic E-state index is 5.48. The fourth-order valence-electron chi connectivity index (χ4n) is 2.87. The van der Waals surface area contributed by atoms with Crippen molar-refractivity contribution in [3.8, 4) is 5.75 Å². The summed E-state index contributed by atoms with van der Waals surface area (Å²) in [6.45, 7) is 7.40. The largest absolute Gasteiger partial charge is 0.494 e. The molecule has 1 heterocycles. The van der Waals surface area contributed by atoms with Crippen molar-refractivity contribution in [1.29, 1.82) is 0 Å². The predicted octanol–water partition coefficient (Wildman–Crippen LogP) is 2.52. The van der Waals surface area contributed by atoms with E-state index in [1.165, 1.54) is 31.5 Å². The number of hydrogen-bond acceptors (Lipinski definition) is 3. The summed E-state index contributed by atoms with van der Waals surface area (Å²) in [4.78, 5) is 2.57. The summed E-state index contributed by atoms with van der Waals surface area (Å²) in [5.41, 5.74) is 1.38. The van der Waals surface area contributed by atoms with Crippen molar-refractivity contribution in [3.05, 3.63) is 29.8 Å². The minimum Gasteiger partial charge on any atom is -0.494 e. The maximum atomic E-state index is 5.48. The van der Waals surface area contributed by atoms with Gasteiger partial charge in [0.2, 0.25) is 0 Å². The fourth-order valence-corrected chi connectivity index (χ4v) is 2.87. The van der Waals surface area contributed by atoms with Gasteiger partial charge in [-0.1, -0.05) is 12.1 Å². The lowest BCUT2D eigenvalue weighted by atomic mass is 9.97. The van der Waals surface area contributed by atoms with Crippen LogP contribution < -0.4 is 10.1 Å². The van der Waals surface area contributed by atoms with Crippen molar-refractivity contribution in [2.24, 2.45) is 5.92 Å². The number of likely N-dealkylation sites (tertiary alicyclic amines) is 1. The van der Waals surface area contributed by atoms with Gasteiger partial charge in [-0.2, -0.15) is 0 Å². The van der Waals surface area contributed by atoms with Crippen molar-refractivity contribution in [2.45, 2.75) is 26.3 Å². The molecule has 1 aromatic carbocycles. The van der Waals surface area contributed by atoms with Gasteiger partial charge >= 0.3 is 0 Å². The van der Waals surface area contributed by atoms with Crippen LogP contribution in [0.2, 0.25) is 0 Å². The lowest BCUT2D eigenvalue weighted by Gasteiger charge is -2.32. The van der Waals surface area contributed by atoms with Crippen LogP contribution >= 0.6 is 0 Å². The topological polar surface area (TPSA) is 24.5 Å². The quantitative estimate of drug-likeness (QED) is 0.852. The Hall–Kier alpha value is -1.06. The summed E-state index contributed by atoms with van der Waals surface area (Å²) >= 11 is 0. The third-order valence-electron chi connectivity index (χ3n) is 3.74. The zero-order valence-electron chi connectivity index (χ0n) is 12.2. The van der Waals surface area contributed by atoms with Gasteiger partial charge in [0.25, 0.3) is 0 Å². The Morgan fingerprint density at radius 3 is 2.79 bits per heavy atom. The van der Waals surface area contributed by atoms with Crippen LogP contribution in [-0.2, 0) is 6.54 Å². The summed E-state index contributed by atoms with van der Waals surface area (Å²) < 4.78 is 5.48. The maximum Gasteiger partial charge on any atom is 0.119 e. The van der Waals surface area contributed by atoms with Gasteiger partial charge in [0.1, 0.15) is 5.75 Å². The molecule has 1 saturated heterocycles. The summed E-state index contributed by atoms with van der Waals surface area (Å²) in [6, 6.07) is 8.53. The second-order valence-corrected chi connectivity index (χ2v) is 5.38. The molecule has 1 fully saturated rings. The molecule has 1 aromatic rings. The SMILES string of the molecule is CCOc1ccc(CN2CCCC(CNC)C2)cc1. The first-order chi connectivity index (χ1) is 9.31. The molecule has 1 aliphatic heterocycles. The highest BCUT2D eigenvalue weighted by atomic mass is 16.5. The second-order valence-electron chi connectivity index (χ2n) is 5.38. The molecule has 0 aromatic heterocycles. The van der Waals surface area contributed by atoms with E-state index < -0.39 is 0 Å². The smallest absolute Gasteiger partial charge is 0.119 e. The Kier molecular flexibility index (Phi) is 5.67. The van der Waals surface area contributed by atoms with Crippen LogP contribution in [0.15, 0.2) is 24.3 Å². The Bertz CT molecular complexity index is 362. The highest BCUT2D eigenvalue weighted by Gasteiger charge is 2.19. The average Bonchev–Trinajstić information content (AvgIpc) is 2.42. The fraction of sp³-hybridized carbons (Fsp3) is 0.625. The van der Waals surface area contributed by atoms with Gasteiger partial charge in [0.15, 0.2) is 0 Å². The average molecular weight is 262 g/mol. The standard InChI is InChI=1S/C16H26N2O/c1-3-19-16-8-6-14(7-9-16)12-18-10-4-5-15(13-18)11-17-2/h6-9,15,17H,3-5,10-13H2,1-2H3. The van der Waals surface area contributed by atoms with E-state index in [0.29, 0.717) is 0 Å². The molecule has 1 atom stereocenters. The lowest BCUT2D eigenvalue weighted by Crippen LogP contribution is -2.38. The number of nitrogens with one attached hydrogen (secondary N) is 1. The number of benzene rings is 1. The van der Waals surface area contributed by atoms with Gasteiger partial charge in [-0.25, -0.2) is 0 Å². The number of nitrogens with zero attached hydrogens (tertiary/aromatic N) is 1. The lowest BCUT2D eigenvalue weighted by molar-refractivity contribution is 0.167. The van der Waals surface area contributed by atoms with E-state index in [1.807, 2.05) is 14.0 Å². The Morgan fingerprint density at radius 1 is 1.32 bits per heavy atom. The van der Waals surface area contributed by atoms with Crippen molar-refractivity contribution in [1.82, 2.24) is 10.2 Å². The summed E-state index contributed by atoms with van der Waals surface area (Å²) in [7, 11) is 2.05. The normalized spacial score (nSPS) is 20.4. The van der Waals surface area contributed by atoms with E-state index in [-0.39, 0.29) is 0 Å². The molecule has 3 heteroatoms. The van der Waals surface area contributed by atoms with E-state index >= 15 is 0 Å². The summed E-state index contributed by atoms with van der Waals surface area (Å²) in [6.07, 6.45) is 2.68. The van der Waals surface area contributed by atoms with Gasteiger partial charge in [0, 0.05) is 13.1 Å². The molecule has 0 amide bonds. The Balaban J connectivity index is 1.85. The molecule has 3 nitrogen and oxygen atoms in total. The van der Waals surface area contributed by atoms with Crippen molar-refractivity contribution in [3.63, 3.8) is 0 Å². The van der Waals surface area contributed by atoms with Crippen LogP contribution in [0.3, 0.4) is 0 Å². The van der Waals surface area contributed by atoms with Gasteiger partial charge in [-0.15, -0.1) is 0 Å². The minimum absolute atomic E-state index is 0.733. The van der Waals surface area contributed by atoms with E-state index in [0.717, 1.165) is 31.4 Å². The molecular weight excluding hydrogens is 236 g/mol. The van der Waals surface area contributed by atoms with Gasteiger partial charge in [-0.05, 0) is 63.5 Å². The first kappa shape index (κ1) is 14.4. The Labute approximate surface area is 116 Å². The number of rotatable bonds is 6. The van der Waals surface area contributed by atoms with E-state index in [4.69, 9.17) is 4.74 Å². The number of piperidine rings is 1. The second kappa shape index (κ2) is 7.51. The molecule has 0 spiro atoms. The molecule has 1 N–H and O–H groups in total. The summed E-state index contributed by atoms with van der Waals surface area (Å²) in [5.74, 6) is 1.78. The van der Waals surface area contributed by atoms with Gasteiger partial charge < -0.3 is 10.1 Å². The first-order valence-corrected chi connectivity index (χ1v) is 7.40. The van der Waals surface area contributed by atoms with Crippen LogP contribution in [0, 0.1) is 5.92 Å². The van der Waals surface area contributed by atoms with Crippen molar-refractivity contribution in [2.75, 3.05) is 33.3 Å². The van der Waals surface area contributed by atoms with E-state index in [2.05, 4.69) is 34.5 Å². The monoisotopic (exact) mass is 262 g/mol.